The van der Waals surface area contributed by atoms with Crippen LogP contribution in [-0.4, -0.2) is 25.5 Å². The summed E-state index contributed by atoms with van der Waals surface area (Å²) in [5.74, 6) is -0.303. The summed E-state index contributed by atoms with van der Waals surface area (Å²) in [7, 11) is 0. The SMILES string of the molecule is CCn1nc(C(=O)NCc2cccc(Cn3nc(C)cc3C)c2)c2ccccc2c1=O. The smallest absolute Gasteiger partial charge is 0.274 e. The number of fused-ring (bicyclic) bond motifs is 1. The van der Waals surface area contributed by atoms with Crippen LogP contribution in [0.2, 0.25) is 0 Å². The molecule has 0 unspecified atom stereocenters. The van der Waals surface area contributed by atoms with Crippen molar-refractivity contribution in [3.63, 3.8) is 0 Å². The van der Waals surface area contributed by atoms with Crippen molar-refractivity contribution in [1.82, 2.24) is 24.9 Å². The van der Waals surface area contributed by atoms with Gasteiger partial charge in [0.1, 0.15) is 0 Å². The van der Waals surface area contributed by atoms with Crippen LogP contribution in [0.1, 0.15) is 39.9 Å². The summed E-state index contributed by atoms with van der Waals surface area (Å²) >= 11 is 0. The normalized spacial score (nSPS) is 11.1. The highest BCUT2D eigenvalue weighted by Gasteiger charge is 2.16. The maximum atomic E-state index is 12.9. The second-order valence-electron chi connectivity index (χ2n) is 7.60. The van der Waals surface area contributed by atoms with Gasteiger partial charge in [0.15, 0.2) is 5.69 Å². The third-order valence-corrected chi connectivity index (χ3v) is 5.26. The molecule has 158 valence electrons. The summed E-state index contributed by atoms with van der Waals surface area (Å²) in [5, 5.41) is 12.8. The number of hydrogen-bond acceptors (Lipinski definition) is 4. The van der Waals surface area contributed by atoms with Crippen LogP contribution in [0.5, 0.6) is 0 Å². The Labute approximate surface area is 180 Å². The Balaban J connectivity index is 1.54. The fourth-order valence-corrected chi connectivity index (χ4v) is 3.73. The van der Waals surface area contributed by atoms with Gasteiger partial charge in [-0.25, -0.2) is 4.68 Å². The number of aryl methyl sites for hydroxylation is 3. The van der Waals surface area contributed by atoms with E-state index in [4.69, 9.17) is 0 Å². The minimum atomic E-state index is -0.303. The number of nitrogens with zero attached hydrogens (tertiary/aromatic N) is 4. The summed E-state index contributed by atoms with van der Waals surface area (Å²) in [5.41, 5.74) is 4.28. The first kappa shape index (κ1) is 20.5. The van der Waals surface area contributed by atoms with Crippen LogP contribution in [0.25, 0.3) is 10.8 Å². The van der Waals surface area contributed by atoms with Crippen molar-refractivity contribution in [2.24, 2.45) is 0 Å². The molecule has 2 heterocycles. The summed E-state index contributed by atoms with van der Waals surface area (Å²) in [4.78, 5) is 25.4. The number of nitrogens with one attached hydrogen (secondary N) is 1. The standard InChI is InChI=1S/C24H25N5O2/c1-4-28-24(31)21-11-6-5-10-20(21)22(27-28)23(30)25-14-18-8-7-9-19(13-18)15-29-17(3)12-16(2)26-29/h5-13H,4,14-15H2,1-3H3,(H,25,30). The first-order chi connectivity index (χ1) is 15.0. The molecule has 0 atom stereocenters. The van der Waals surface area contributed by atoms with Crippen LogP contribution < -0.4 is 10.9 Å². The molecule has 7 heteroatoms. The van der Waals surface area contributed by atoms with E-state index in [1.807, 2.05) is 43.7 Å². The first-order valence-corrected chi connectivity index (χ1v) is 10.3. The number of carbonyl (C=O) groups is 1. The van der Waals surface area contributed by atoms with E-state index in [-0.39, 0.29) is 17.2 Å². The minimum absolute atomic E-state index is 0.188. The summed E-state index contributed by atoms with van der Waals surface area (Å²) < 4.78 is 3.29. The first-order valence-electron chi connectivity index (χ1n) is 10.3. The predicted octanol–water partition coefficient (Wildman–Crippen LogP) is 3.21. The van der Waals surface area contributed by atoms with Crippen LogP contribution in [-0.2, 0) is 19.6 Å². The van der Waals surface area contributed by atoms with E-state index in [2.05, 4.69) is 27.6 Å². The van der Waals surface area contributed by atoms with E-state index in [1.165, 1.54) is 4.68 Å². The molecule has 0 spiro atoms. The molecule has 0 fully saturated rings. The van der Waals surface area contributed by atoms with Gasteiger partial charge in [-0.3, -0.25) is 14.3 Å². The zero-order valence-corrected chi connectivity index (χ0v) is 17.9. The predicted molar refractivity (Wildman–Crippen MR) is 120 cm³/mol. The van der Waals surface area contributed by atoms with Gasteiger partial charge in [0, 0.05) is 24.2 Å². The molecule has 0 aliphatic rings. The molecule has 0 bridgehead atoms. The maximum Gasteiger partial charge on any atom is 0.274 e. The molecule has 31 heavy (non-hydrogen) atoms. The topological polar surface area (TPSA) is 81.8 Å². The van der Waals surface area contributed by atoms with Crippen molar-refractivity contribution in [3.05, 3.63) is 93.2 Å². The van der Waals surface area contributed by atoms with Crippen LogP contribution in [0.15, 0.2) is 59.4 Å². The number of rotatable bonds is 6. The van der Waals surface area contributed by atoms with Crippen LogP contribution in [0, 0.1) is 13.8 Å². The lowest BCUT2D eigenvalue weighted by Gasteiger charge is -2.11. The Hall–Kier alpha value is -3.74. The summed E-state index contributed by atoms with van der Waals surface area (Å²) in [6.45, 7) is 7.30. The molecular formula is C24H25N5O2. The number of carbonyl (C=O) groups excluding carboxylic acids is 1. The largest absolute Gasteiger partial charge is 0.347 e. The van der Waals surface area contributed by atoms with Gasteiger partial charge in [-0.05, 0) is 44.0 Å². The molecule has 4 aromatic rings. The molecule has 0 radical (unpaired) electrons. The third kappa shape index (κ3) is 4.26. The van der Waals surface area contributed by atoms with Crippen molar-refractivity contribution >= 4 is 16.7 Å². The quantitative estimate of drug-likeness (QED) is 0.524. The minimum Gasteiger partial charge on any atom is -0.347 e. The van der Waals surface area contributed by atoms with Gasteiger partial charge in [-0.2, -0.15) is 10.2 Å². The fourth-order valence-electron chi connectivity index (χ4n) is 3.73. The number of aromatic nitrogens is 4. The number of hydrogen-bond donors (Lipinski definition) is 1. The molecule has 0 aliphatic carbocycles. The third-order valence-electron chi connectivity index (χ3n) is 5.26. The van der Waals surface area contributed by atoms with Gasteiger partial charge in [-0.1, -0.05) is 42.5 Å². The van der Waals surface area contributed by atoms with Crippen molar-refractivity contribution in [2.45, 2.75) is 40.4 Å². The second-order valence-corrected chi connectivity index (χ2v) is 7.60. The average molecular weight is 415 g/mol. The highest BCUT2D eigenvalue weighted by molar-refractivity contribution is 6.04. The number of benzene rings is 2. The van der Waals surface area contributed by atoms with Gasteiger partial charge in [0.25, 0.3) is 11.5 Å². The van der Waals surface area contributed by atoms with Crippen LogP contribution in [0.3, 0.4) is 0 Å². The van der Waals surface area contributed by atoms with Gasteiger partial charge in [-0.15, -0.1) is 0 Å². The van der Waals surface area contributed by atoms with Gasteiger partial charge in [0.2, 0.25) is 0 Å². The monoisotopic (exact) mass is 415 g/mol. The lowest BCUT2D eigenvalue weighted by molar-refractivity contribution is 0.0945. The summed E-state index contributed by atoms with van der Waals surface area (Å²) in [6.07, 6.45) is 0. The Morgan fingerprint density at radius 2 is 1.68 bits per heavy atom. The molecule has 7 nitrogen and oxygen atoms in total. The molecule has 1 N–H and O–H groups in total. The highest BCUT2D eigenvalue weighted by Crippen LogP contribution is 2.14. The van der Waals surface area contributed by atoms with E-state index >= 15 is 0 Å². The van der Waals surface area contributed by atoms with Crippen molar-refractivity contribution in [2.75, 3.05) is 0 Å². The Kier molecular flexibility index (Phi) is 5.66. The maximum absolute atomic E-state index is 12.9. The molecule has 2 aromatic carbocycles. The molecule has 0 saturated heterocycles. The number of amides is 1. The van der Waals surface area contributed by atoms with E-state index in [9.17, 15) is 9.59 Å². The van der Waals surface area contributed by atoms with Crippen LogP contribution in [0.4, 0.5) is 0 Å². The van der Waals surface area contributed by atoms with Gasteiger partial charge < -0.3 is 5.32 Å². The van der Waals surface area contributed by atoms with E-state index in [0.29, 0.717) is 30.4 Å². The van der Waals surface area contributed by atoms with Gasteiger partial charge in [0.05, 0.1) is 17.6 Å². The van der Waals surface area contributed by atoms with Crippen molar-refractivity contribution in [1.29, 1.82) is 0 Å². The Morgan fingerprint density at radius 1 is 0.935 bits per heavy atom. The molecular weight excluding hydrogens is 390 g/mol. The van der Waals surface area contributed by atoms with Crippen molar-refractivity contribution in [3.8, 4) is 0 Å². The lowest BCUT2D eigenvalue weighted by Crippen LogP contribution is -2.30. The molecule has 2 aromatic heterocycles. The van der Waals surface area contributed by atoms with E-state index in [0.717, 1.165) is 22.5 Å². The summed E-state index contributed by atoms with van der Waals surface area (Å²) in [6, 6.07) is 17.2. The fraction of sp³-hybridized carbons (Fsp3) is 0.250. The van der Waals surface area contributed by atoms with E-state index in [1.54, 1.807) is 24.3 Å². The molecule has 0 aliphatic heterocycles. The average Bonchev–Trinajstić information content (AvgIpc) is 3.09. The Bertz CT molecular complexity index is 1320. The highest BCUT2D eigenvalue weighted by atomic mass is 16.2. The van der Waals surface area contributed by atoms with Crippen LogP contribution >= 0.6 is 0 Å². The second kappa shape index (κ2) is 8.55. The zero-order valence-electron chi connectivity index (χ0n) is 17.9. The lowest BCUT2D eigenvalue weighted by atomic mass is 10.1. The van der Waals surface area contributed by atoms with Gasteiger partial charge >= 0.3 is 0 Å². The molecule has 0 saturated carbocycles. The zero-order chi connectivity index (χ0) is 22.0. The van der Waals surface area contributed by atoms with Crippen molar-refractivity contribution < 1.29 is 4.79 Å². The molecule has 4 rings (SSSR count). The Morgan fingerprint density at radius 3 is 2.39 bits per heavy atom. The molecule has 1 amide bonds. The van der Waals surface area contributed by atoms with E-state index < -0.39 is 0 Å².